The third-order valence-corrected chi connectivity index (χ3v) is 3.60. The fraction of sp³-hybridized carbons (Fsp3) is 0.643. The van der Waals surface area contributed by atoms with Crippen molar-refractivity contribution in [1.82, 2.24) is 10.3 Å². The van der Waals surface area contributed by atoms with Gasteiger partial charge >= 0.3 is 0 Å². The maximum Gasteiger partial charge on any atom is 0.220 e. The molecule has 1 saturated carbocycles. The van der Waals surface area contributed by atoms with Gasteiger partial charge in [-0.2, -0.15) is 0 Å². The van der Waals surface area contributed by atoms with Crippen LogP contribution in [-0.2, 0) is 11.3 Å². The lowest BCUT2D eigenvalue weighted by Gasteiger charge is -2.13. The fourth-order valence-corrected chi connectivity index (χ4v) is 2.57. The lowest BCUT2D eigenvalue weighted by molar-refractivity contribution is -0.122. The molecule has 0 unspecified atom stereocenters. The van der Waals surface area contributed by atoms with E-state index in [1.807, 2.05) is 18.5 Å². The molecule has 94 valence electrons. The van der Waals surface area contributed by atoms with Crippen molar-refractivity contribution in [1.29, 1.82) is 0 Å². The molecule has 0 aromatic carbocycles. The first-order valence-corrected chi connectivity index (χ1v) is 6.73. The zero-order valence-electron chi connectivity index (χ0n) is 10.4. The normalized spacial score (nSPS) is 17.6. The zero-order chi connectivity index (χ0) is 11.9. The van der Waals surface area contributed by atoms with Gasteiger partial charge in [-0.25, -0.2) is 0 Å². The molecule has 0 radical (unpaired) electrons. The lowest BCUT2D eigenvalue weighted by Crippen LogP contribution is -2.24. The third kappa shape index (κ3) is 4.25. The molecule has 0 atom stereocenters. The van der Waals surface area contributed by atoms with Gasteiger partial charge in [-0.05, 0) is 30.4 Å². The van der Waals surface area contributed by atoms with Crippen molar-refractivity contribution in [2.24, 2.45) is 5.92 Å². The topological polar surface area (TPSA) is 44.9 Å². The Labute approximate surface area is 103 Å². The minimum Gasteiger partial charge on any atom is -0.367 e. The Morgan fingerprint density at radius 2 is 2.06 bits per heavy atom. The highest BCUT2D eigenvalue weighted by atomic mass is 16.1. The van der Waals surface area contributed by atoms with Crippen LogP contribution >= 0.6 is 0 Å². The minimum absolute atomic E-state index is 0.207. The molecule has 3 nitrogen and oxygen atoms in total. The second-order valence-corrected chi connectivity index (χ2v) is 5.06. The Balaban J connectivity index is 1.69. The Hall–Kier alpha value is -1.25. The summed E-state index contributed by atoms with van der Waals surface area (Å²) in [6, 6.07) is 1.99. The highest BCUT2D eigenvalue weighted by Gasteiger charge is 2.15. The number of aromatic nitrogens is 1. The molecular weight excluding hydrogens is 212 g/mol. The first kappa shape index (κ1) is 12.2. The predicted octanol–water partition coefficient (Wildman–Crippen LogP) is 2.99. The summed E-state index contributed by atoms with van der Waals surface area (Å²) in [6.07, 6.45) is 12.3. The molecule has 1 aliphatic carbocycles. The maximum atomic E-state index is 11.8. The van der Waals surface area contributed by atoms with Crippen molar-refractivity contribution in [3.8, 4) is 0 Å². The van der Waals surface area contributed by atoms with Crippen LogP contribution in [0.4, 0.5) is 0 Å². The molecule has 0 bridgehead atoms. The second-order valence-electron chi connectivity index (χ2n) is 5.06. The first-order chi connectivity index (χ1) is 8.34. The van der Waals surface area contributed by atoms with Gasteiger partial charge in [0.25, 0.3) is 0 Å². The van der Waals surface area contributed by atoms with Gasteiger partial charge in [0.05, 0.1) is 0 Å². The summed E-state index contributed by atoms with van der Waals surface area (Å²) < 4.78 is 0. The van der Waals surface area contributed by atoms with Crippen molar-refractivity contribution in [2.75, 3.05) is 0 Å². The van der Waals surface area contributed by atoms with E-state index in [9.17, 15) is 4.79 Å². The average Bonchev–Trinajstić information content (AvgIpc) is 2.72. The van der Waals surface area contributed by atoms with Gasteiger partial charge in [-0.15, -0.1) is 0 Å². The van der Waals surface area contributed by atoms with Gasteiger partial charge < -0.3 is 10.3 Å². The number of rotatable bonds is 4. The van der Waals surface area contributed by atoms with Crippen LogP contribution in [0.1, 0.15) is 50.5 Å². The number of hydrogen-bond donors (Lipinski definition) is 2. The van der Waals surface area contributed by atoms with E-state index < -0.39 is 0 Å². The molecule has 1 heterocycles. The van der Waals surface area contributed by atoms with Crippen LogP contribution in [0.2, 0.25) is 0 Å². The van der Waals surface area contributed by atoms with Crippen LogP contribution in [0.15, 0.2) is 18.5 Å². The van der Waals surface area contributed by atoms with Gasteiger partial charge in [-0.3, -0.25) is 4.79 Å². The van der Waals surface area contributed by atoms with Gasteiger partial charge in [0.2, 0.25) is 5.91 Å². The Morgan fingerprint density at radius 1 is 1.29 bits per heavy atom. The van der Waals surface area contributed by atoms with Gasteiger partial charge in [0.15, 0.2) is 0 Å². The zero-order valence-corrected chi connectivity index (χ0v) is 10.4. The van der Waals surface area contributed by atoms with Crippen molar-refractivity contribution in [2.45, 2.75) is 51.5 Å². The van der Waals surface area contributed by atoms with E-state index in [4.69, 9.17) is 0 Å². The molecule has 1 aliphatic rings. The number of aromatic amines is 1. The van der Waals surface area contributed by atoms with Crippen molar-refractivity contribution < 1.29 is 4.79 Å². The molecule has 17 heavy (non-hydrogen) atoms. The molecule has 1 amide bonds. The number of carbonyl (C=O) groups excluding carboxylic acids is 1. The van der Waals surface area contributed by atoms with E-state index in [1.165, 1.54) is 38.5 Å². The summed E-state index contributed by atoms with van der Waals surface area (Å²) in [7, 11) is 0. The Morgan fingerprint density at radius 3 is 2.71 bits per heavy atom. The number of nitrogens with one attached hydrogen (secondary N) is 2. The third-order valence-electron chi connectivity index (χ3n) is 3.60. The number of H-pyrrole nitrogens is 1. The molecule has 3 heteroatoms. The van der Waals surface area contributed by atoms with Crippen LogP contribution in [0, 0.1) is 5.92 Å². The Bertz CT molecular complexity index is 324. The second kappa shape index (κ2) is 6.48. The molecule has 0 spiro atoms. The van der Waals surface area contributed by atoms with Gasteiger partial charge in [0.1, 0.15) is 0 Å². The summed E-state index contributed by atoms with van der Waals surface area (Å²) in [5.74, 6) is 0.821. The van der Waals surface area contributed by atoms with Crippen LogP contribution in [0.25, 0.3) is 0 Å². The quantitative estimate of drug-likeness (QED) is 0.773. The summed E-state index contributed by atoms with van der Waals surface area (Å²) in [5.41, 5.74) is 1.14. The van der Waals surface area contributed by atoms with Crippen LogP contribution in [-0.4, -0.2) is 10.9 Å². The van der Waals surface area contributed by atoms with E-state index in [0.29, 0.717) is 18.9 Å². The summed E-state index contributed by atoms with van der Waals surface area (Å²) in [4.78, 5) is 14.8. The molecule has 0 saturated heterocycles. The highest BCUT2D eigenvalue weighted by Crippen LogP contribution is 2.25. The van der Waals surface area contributed by atoms with Crippen molar-refractivity contribution in [3.05, 3.63) is 24.0 Å². The largest absolute Gasteiger partial charge is 0.367 e. The SMILES string of the molecule is O=C(CC1CCCCCC1)NCc1cc[nH]c1. The van der Waals surface area contributed by atoms with E-state index in [2.05, 4.69) is 10.3 Å². The molecular formula is C14H22N2O. The fourth-order valence-electron chi connectivity index (χ4n) is 2.57. The van der Waals surface area contributed by atoms with Gasteiger partial charge in [0, 0.05) is 25.4 Å². The standard InChI is InChI=1S/C14H22N2O/c17-14(16-11-13-7-8-15-10-13)9-12-5-3-1-2-4-6-12/h7-8,10,12,15H,1-6,9,11H2,(H,16,17). The lowest BCUT2D eigenvalue weighted by atomic mass is 9.96. The molecule has 1 aromatic heterocycles. The van der Waals surface area contributed by atoms with E-state index >= 15 is 0 Å². The van der Waals surface area contributed by atoms with Crippen LogP contribution < -0.4 is 5.32 Å². The van der Waals surface area contributed by atoms with Crippen LogP contribution in [0.5, 0.6) is 0 Å². The summed E-state index contributed by atoms with van der Waals surface area (Å²) in [5, 5.41) is 2.99. The average molecular weight is 234 g/mol. The number of amides is 1. The Kier molecular flexibility index (Phi) is 4.65. The van der Waals surface area contributed by atoms with Crippen molar-refractivity contribution in [3.63, 3.8) is 0 Å². The van der Waals surface area contributed by atoms with E-state index in [-0.39, 0.29) is 5.91 Å². The molecule has 0 aliphatic heterocycles. The van der Waals surface area contributed by atoms with Crippen molar-refractivity contribution >= 4 is 5.91 Å². The molecule has 2 rings (SSSR count). The van der Waals surface area contributed by atoms with Crippen LogP contribution in [0.3, 0.4) is 0 Å². The molecule has 1 fully saturated rings. The highest BCUT2D eigenvalue weighted by molar-refractivity contribution is 5.76. The molecule has 2 N–H and O–H groups in total. The van der Waals surface area contributed by atoms with Gasteiger partial charge in [-0.1, -0.05) is 25.7 Å². The van der Waals surface area contributed by atoms with E-state index in [1.54, 1.807) is 0 Å². The number of hydrogen-bond acceptors (Lipinski definition) is 1. The monoisotopic (exact) mass is 234 g/mol. The number of carbonyl (C=O) groups is 1. The first-order valence-electron chi connectivity index (χ1n) is 6.73. The summed E-state index contributed by atoms with van der Waals surface area (Å²) in [6.45, 7) is 0.648. The predicted molar refractivity (Wildman–Crippen MR) is 68.4 cm³/mol. The maximum absolute atomic E-state index is 11.8. The smallest absolute Gasteiger partial charge is 0.220 e. The van der Waals surface area contributed by atoms with E-state index in [0.717, 1.165) is 5.56 Å². The minimum atomic E-state index is 0.207. The summed E-state index contributed by atoms with van der Waals surface area (Å²) >= 11 is 0. The molecule has 1 aromatic rings.